The van der Waals surface area contributed by atoms with Crippen LogP contribution in [0.25, 0.3) is 0 Å². The fraction of sp³-hybridized carbons (Fsp3) is 0.217. The lowest BCUT2D eigenvalue weighted by atomic mass is 10.2. The molecule has 2 aromatic carbocycles. The number of amides is 1. The molecule has 0 aliphatic carbocycles. The first kappa shape index (κ1) is 18.9. The second-order valence-electron chi connectivity index (χ2n) is 7.10. The summed E-state index contributed by atoms with van der Waals surface area (Å²) in [5.41, 5.74) is 3.78. The van der Waals surface area contributed by atoms with Crippen molar-refractivity contribution in [2.75, 3.05) is 41.3 Å². The van der Waals surface area contributed by atoms with Gasteiger partial charge in [0.1, 0.15) is 11.5 Å². The Morgan fingerprint density at radius 1 is 0.931 bits per heavy atom. The number of pyridine rings is 1. The predicted molar refractivity (Wildman–Crippen MR) is 114 cm³/mol. The number of halogens is 1. The summed E-state index contributed by atoms with van der Waals surface area (Å²) in [4.78, 5) is 21.1. The van der Waals surface area contributed by atoms with Crippen molar-refractivity contribution in [2.45, 2.75) is 6.92 Å². The number of nitrogens with zero attached hydrogens (tertiary/aromatic N) is 3. The zero-order valence-corrected chi connectivity index (χ0v) is 16.3. The molecule has 0 unspecified atom stereocenters. The molecule has 1 aromatic heterocycles. The lowest BCUT2D eigenvalue weighted by Crippen LogP contribution is -2.46. The van der Waals surface area contributed by atoms with Crippen molar-refractivity contribution < 1.29 is 9.18 Å². The Balaban J connectivity index is 1.38. The van der Waals surface area contributed by atoms with E-state index in [9.17, 15) is 9.18 Å². The van der Waals surface area contributed by atoms with Crippen LogP contribution in [0.5, 0.6) is 0 Å². The maximum absolute atomic E-state index is 14.0. The number of benzene rings is 2. The smallest absolute Gasteiger partial charge is 0.274 e. The van der Waals surface area contributed by atoms with Crippen LogP contribution in [-0.2, 0) is 0 Å². The molecule has 5 nitrogen and oxygen atoms in total. The number of rotatable bonds is 4. The van der Waals surface area contributed by atoms with Gasteiger partial charge in [-0.25, -0.2) is 9.37 Å². The highest BCUT2D eigenvalue weighted by Gasteiger charge is 2.20. The lowest BCUT2D eigenvalue weighted by molar-refractivity contribution is 0.102. The standard InChI is InChI=1S/C23H23FN4O/c1-17-6-2-4-8-20(17)26-23(29)21-11-10-18(16-25-21)27-12-14-28(15-13-27)22-9-5-3-7-19(22)24/h2-11,16H,12-15H2,1H3,(H,26,29). The number of nitrogens with one attached hydrogen (secondary N) is 1. The number of anilines is 3. The van der Waals surface area contributed by atoms with Crippen LogP contribution in [0.1, 0.15) is 16.1 Å². The van der Waals surface area contributed by atoms with Crippen LogP contribution in [0.3, 0.4) is 0 Å². The van der Waals surface area contributed by atoms with Crippen molar-refractivity contribution in [3.05, 3.63) is 83.9 Å². The number of piperazine rings is 1. The van der Waals surface area contributed by atoms with Gasteiger partial charge in [-0.15, -0.1) is 0 Å². The van der Waals surface area contributed by atoms with Crippen LogP contribution in [0.2, 0.25) is 0 Å². The molecule has 0 radical (unpaired) electrons. The Labute approximate surface area is 169 Å². The third kappa shape index (κ3) is 4.21. The molecule has 3 aromatic rings. The number of hydrogen-bond acceptors (Lipinski definition) is 4. The van der Waals surface area contributed by atoms with Gasteiger partial charge in [-0.05, 0) is 42.8 Å². The van der Waals surface area contributed by atoms with E-state index in [4.69, 9.17) is 0 Å². The SMILES string of the molecule is Cc1ccccc1NC(=O)c1ccc(N2CCN(c3ccccc3F)CC2)cn1. The summed E-state index contributed by atoms with van der Waals surface area (Å²) >= 11 is 0. The van der Waals surface area contributed by atoms with E-state index in [-0.39, 0.29) is 11.7 Å². The number of para-hydroxylation sites is 2. The van der Waals surface area contributed by atoms with Crippen LogP contribution < -0.4 is 15.1 Å². The minimum atomic E-state index is -0.227. The average molecular weight is 390 g/mol. The van der Waals surface area contributed by atoms with Gasteiger partial charge < -0.3 is 15.1 Å². The van der Waals surface area contributed by atoms with Gasteiger partial charge in [-0.3, -0.25) is 4.79 Å². The van der Waals surface area contributed by atoms with Crippen LogP contribution in [0, 0.1) is 12.7 Å². The third-order valence-electron chi connectivity index (χ3n) is 5.21. The molecule has 2 heterocycles. The van der Waals surface area contributed by atoms with E-state index in [1.54, 1.807) is 18.3 Å². The van der Waals surface area contributed by atoms with Gasteiger partial charge >= 0.3 is 0 Å². The Morgan fingerprint density at radius 3 is 2.31 bits per heavy atom. The first-order valence-electron chi connectivity index (χ1n) is 9.69. The van der Waals surface area contributed by atoms with Crippen molar-refractivity contribution >= 4 is 23.0 Å². The number of aromatic nitrogens is 1. The zero-order chi connectivity index (χ0) is 20.2. The number of carbonyl (C=O) groups is 1. The highest BCUT2D eigenvalue weighted by Crippen LogP contribution is 2.23. The molecule has 1 aliphatic rings. The van der Waals surface area contributed by atoms with Crippen molar-refractivity contribution in [2.24, 2.45) is 0 Å². The van der Waals surface area contributed by atoms with E-state index >= 15 is 0 Å². The lowest BCUT2D eigenvalue weighted by Gasteiger charge is -2.37. The molecule has 148 valence electrons. The zero-order valence-electron chi connectivity index (χ0n) is 16.3. The summed E-state index contributed by atoms with van der Waals surface area (Å²) in [5.74, 6) is -0.415. The maximum Gasteiger partial charge on any atom is 0.274 e. The minimum Gasteiger partial charge on any atom is -0.367 e. The Morgan fingerprint density at radius 2 is 1.62 bits per heavy atom. The van der Waals surface area contributed by atoms with Crippen LogP contribution in [0.4, 0.5) is 21.5 Å². The summed E-state index contributed by atoms with van der Waals surface area (Å²) < 4.78 is 14.0. The van der Waals surface area contributed by atoms with Crippen molar-refractivity contribution in [3.8, 4) is 0 Å². The van der Waals surface area contributed by atoms with E-state index in [1.165, 1.54) is 6.07 Å². The van der Waals surface area contributed by atoms with Gasteiger partial charge in [0.25, 0.3) is 5.91 Å². The molecule has 1 fully saturated rings. The largest absolute Gasteiger partial charge is 0.367 e. The van der Waals surface area contributed by atoms with Crippen LogP contribution in [0.15, 0.2) is 66.9 Å². The van der Waals surface area contributed by atoms with Gasteiger partial charge in [0.15, 0.2) is 0 Å². The first-order chi connectivity index (χ1) is 14.1. The van der Waals surface area contributed by atoms with E-state index in [0.29, 0.717) is 11.4 Å². The monoisotopic (exact) mass is 390 g/mol. The van der Waals surface area contributed by atoms with E-state index < -0.39 is 0 Å². The molecule has 0 atom stereocenters. The molecule has 0 spiro atoms. The molecule has 6 heteroatoms. The molecule has 4 rings (SSSR count). The second-order valence-corrected chi connectivity index (χ2v) is 7.10. The van der Waals surface area contributed by atoms with Crippen LogP contribution >= 0.6 is 0 Å². The molecule has 1 N–H and O–H groups in total. The Kier molecular flexibility index (Phi) is 5.42. The summed E-state index contributed by atoms with van der Waals surface area (Å²) in [5, 5.41) is 2.90. The Hall–Kier alpha value is -3.41. The van der Waals surface area contributed by atoms with Gasteiger partial charge in [0, 0.05) is 31.9 Å². The van der Waals surface area contributed by atoms with Gasteiger partial charge in [-0.1, -0.05) is 30.3 Å². The summed E-state index contributed by atoms with van der Waals surface area (Å²) in [6.45, 7) is 4.95. The molecule has 0 saturated carbocycles. The molecule has 29 heavy (non-hydrogen) atoms. The highest BCUT2D eigenvalue weighted by molar-refractivity contribution is 6.03. The molecular weight excluding hydrogens is 367 g/mol. The van der Waals surface area contributed by atoms with Gasteiger partial charge in [0.05, 0.1) is 17.6 Å². The molecular formula is C23H23FN4O. The predicted octanol–water partition coefficient (Wildman–Crippen LogP) is 4.11. The number of hydrogen-bond donors (Lipinski definition) is 1. The van der Waals surface area contributed by atoms with E-state index in [2.05, 4.69) is 20.1 Å². The quantitative estimate of drug-likeness (QED) is 0.728. The normalized spacial score (nSPS) is 14.0. The molecule has 1 aliphatic heterocycles. The fourth-order valence-electron chi connectivity index (χ4n) is 3.52. The number of carbonyl (C=O) groups excluding carboxylic acids is 1. The van der Waals surface area contributed by atoms with E-state index in [0.717, 1.165) is 43.1 Å². The number of aryl methyl sites for hydroxylation is 1. The molecule has 1 amide bonds. The van der Waals surface area contributed by atoms with Crippen molar-refractivity contribution in [1.82, 2.24) is 4.98 Å². The Bertz CT molecular complexity index is 998. The summed E-state index contributed by atoms with van der Waals surface area (Å²) in [6, 6.07) is 18.2. The second kappa shape index (κ2) is 8.31. The molecule has 0 bridgehead atoms. The average Bonchev–Trinajstić information content (AvgIpc) is 2.76. The summed E-state index contributed by atoms with van der Waals surface area (Å²) in [6.07, 6.45) is 1.73. The first-order valence-corrected chi connectivity index (χ1v) is 9.69. The van der Waals surface area contributed by atoms with Gasteiger partial charge in [0.2, 0.25) is 0 Å². The fourth-order valence-corrected chi connectivity index (χ4v) is 3.52. The van der Waals surface area contributed by atoms with Crippen LogP contribution in [-0.4, -0.2) is 37.1 Å². The third-order valence-corrected chi connectivity index (χ3v) is 5.21. The van der Waals surface area contributed by atoms with Crippen molar-refractivity contribution in [1.29, 1.82) is 0 Å². The van der Waals surface area contributed by atoms with Crippen molar-refractivity contribution in [3.63, 3.8) is 0 Å². The topological polar surface area (TPSA) is 48.5 Å². The molecule has 1 saturated heterocycles. The summed E-state index contributed by atoms with van der Waals surface area (Å²) in [7, 11) is 0. The maximum atomic E-state index is 14.0. The van der Waals surface area contributed by atoms with Gasteiger partial charge in [-0.2, -0.15) is 0 Å². The minimum absolute atomic E-state index is 0.188. The van der Waals surface area contributed by atoms with E-state index in [1.807, 2.05) is 49.4 Å². The highest BCUT2D eigenvalue weighted by atomic mass is 19.1.